The fourth-order valence-corrected chi connectivity index (χ4v) is 4.06. The van der Waals surface area contributed by atoms with Gasteiger partial charge < -0.3 is 15.4 Å². The minimum Gasteiger partial charge on any atom is -0.376 e. The van der Waals surface area contributed by atoms with E-state index in [0.717, 1.165) is 31.6 Å². The molecule has 0 amide bonds. The van der Waals surface area contributed by atoms with Crippen molar-refractivity contribution in [2.24, 2.45) is 4.99 Å². The zero-order valence-corrected chi connectivity index (χ0v) is 15.0. The van der Waals surface area contributed by atoms with Crippen molar-refractivity contribution in [2.45, 2.75) is 31.1 Å². The summed E-state index contributed by atoms with van der Waals surface area (Å²) in [4.78, 5) is 4.14. The summed E-state index contributed by atoms with van der Waals surface area (Å²) >= 11 is 0. The molecular formula is C17H27N3O3S. The Morgan fingerprint density at radius 2 is 2.08 bits per heavy atom. The Morgan fingerprint density at radius 3 is 2.75 bits per heavy atom. The first kappa shape index (κ1) is 18.7. The average molecular weight is 353 g/mol. The molecule has 6 nitrogen and oxygen atoms in total. The molecule has 7 heteroatoms. The number of hydrogen-bond acceptors (Lipinski definition) is 4. The number of aliphatic imine (C=N–C) groups is 1. The van der Waals surface area contributed by atoms with Crippen molar-refractivity contribution in [3.05, 3.63) is 35.9 Å². The molecule has 1 aromatic carbocycles. The van der Waals surface area contributed by atoms with E-state index in [-0.39, 0.29) is 17.6 Å². The van der Waals surface area contributed by atoms with Crippen molar-refractivity contribution < 1.29 is 13.2 Å². The third kappa shape index (κ3) is 6.88. The minimum atomic E-state index is -3.08. The lowest BCUT2D eigenvalue weighted by Crippen LogP contribution is -2.41. The van der Waals surface area contributed by atoms with Gasteiger partial charge in [0, 0.05) is 26.7 Å². The van der Waals surface area contributed by atoms with Crippen LogP contribution in [0.25, 0.3) is 0 Å². The van der Waals surface area contributed by atoms with Gasteiger partial charge in [-0.3, -0.25) is 4.99 Å². The van der Waals surface area contributed by atoms with Crippen molar-refractivity contribution >= 4 is 15.8 Å². The molecule has 1 unspecified atom stereocenters. The monoisotopic (exact) mass is 353 g/mol. The van der Waals surface area contributed by atoms with Gasteiger partial charge in [0.2, 0.25) is 0 Å². The van der Waals surface area contributed by atoms with Crippen LogP contribution in [0.4, 0.5) is 0 Å². The van der Waals surface area contributed by atoms with E-state index < -0.39 is 9.84 Å². The van der Waals surface area contributed by atoms with Crippen LogP contribution < -0.4 is 10.6 Å². The van der Waals surface area contributed by atoms with Crippen LogP contribution in [0.5, 0.6) is 0 Å². The Hall–Kier alpha value is -1.60. The predicted octanol–water partition coefficient (Wildman–Crippen LogP) is 1.34. The number of hydrogen-bond donors (Lipinski definition) is 2. The van der Waals surface area contributed by atoms with Crippen LogP contribution in [0, 0.1) is 0 Å². The van der Waals surface area contributed by atoms with Crippen molar-refractivity contribution in [3.8, 4) is 0 Å². The SMILES string of the molecule is CN=C(NCCCS(=O)(=O)Cc1ccccc1)NCC1CCCO1. The topological polar surface area (TPSA) is 79.8 Å². The smallest absolute Gasteiger partial charge is 0.191 e. The maximum atomic E-state index is 12.1. The summed E-state index contributed by atoms with van der Waals surface area (Å²) in [6.07, 6.45) is 2.98. The Labute approximate surface area is 144 Å². The third-order valence-corrected chi connectivity index (χ3v) is 5.58. The first-order valence-electron chi connectivity index (χ1n) is 8.39. The summed E-state index contributed by atoms with van der Waals surface area (Å²) in [5.41, 5.74) is 0.833. The lowest BCUT2D eigenvalue weighted by atomic mass is 10.2. The van der Waals surface area contributed by atoms with E-state index in [1.54, 1.807) is 7.05 Å². The van der Waals surface area contributed by atoms with E-state index >= 15 is 0 Å². The second kappa shape index (κ2) is 9.64. The molecule has 1 aliphatic heterocycles. The molecule has 1 aromatic rings. The maximum Gasteiger partial charge on any atom is 0.191 e. The van der Waals surface area contributed by atoms with E-state index in [4.69, 9.17) is 4.74 Å². The first-order chi connectivity index (χ1) is 11.6. The highest BCUT2D eigenvalue weighted by Crippen LogP contribution is 2.10. The molecule has 0 aliphatic carbocycles. The first-order valence-corrected chi connectivity index (χ1v) is 10.2. The molecule has 1 atom stereocenters. The molecule has 2 N–H and O–H groups in total. The van der Waals surface area contributed by atoms with Crippen LogP contribution in [0.1, 0.15) is 24.8 Å². The maximum absolute atomic E-state index is 12.1. The van der Waals surface area contributed by atoms with Crippen molar-refractivity contribution in [2.75, 3.05) is 32.5 Å². The van der Waals surface area contributed by atoms with Gasteiger partial charge in [0.15, 0.2) is 15.8 Å². The highest BCUT2D eigenvalue weighted by Gasteiger charge is 2.15. The van der Waals surface area contributed by atoms with Gasteiger partial charge in [-0.2, -0.15) is 0 Å². The van der Waals surface area contributed by atoms with Crippen molar-refractivity contribution in [1.29, 1.82) is 0 Å². The molecule has 1 heterocycles. The highest BCUT2D eigenvalue weighted by molar-refractivity contribution is 7.90. The molecule has 1 fully saturated rings. The number of guanidine groups is 1. The fraction of sp³-hybridized carbons (Fsp3) is 0.588. The Balaban J connectivity index is 1.65. The van der Waals surface area contributed by atoms with Gasteiger partial charge in [-0.05, 0) is 24.8 Å². The quantitative estimate of drug-likeness (QED) is 0.419. The Morgan fingerprint density at radius 1 is 1.29 bits per heavy atom. The van der Waals surface area contributed by atoms with Crippen molar-refractivity contribution in [1.82, 2.24) is 10.6 Å². The third-order valence-electron chi connectivity index (χ3n) is 3.90. The van der Waals surface area contributed by atoms with Gasteiger partial charge in [-0.25, -0.2) is 8.42 Å². The van der Waals surface area contributed by atoms with E-state index in [2.05, 4.69) is 15.6 Å². The van der Waals surface area contributed by atoms with Gasteiger partial charge in [0.25, 0.3) is 0 Å². The number of sulfone groups is 1. The second-order valence-corrected chi connectivity index (χ2v) is 8.13. The Bertz CT molecular complexity index is 611. The summed E-state index contributed by atoms with van der Waals surface area (Å²) in [5, 5.41) is 6.36. The molecule has 0 saturated carbocycles. The molecule has 1 saturated heterocycles. The van der Waals surface area contributed by atoms with Crippen LogP contribution in [0.2, 0.25) is 0 Å². The molecule has 0 spiro atoms. The van der Waals surface area contributed by atoms with Gasteiger partial charge >= 0.3 is 0 Å². The van der Waals surface area contributed by atoms with Gasteiger partial charge in [0.1, 0.15) is 0 Å². The summed E-state index contributed by atoms with van der Waals surface area (Å²) in [6, 6.07) is 9.28. The molecule has 1 aliphatic rings. The molecule has 0 bridgehead atoms. The van der Waals surface area contributed by atoms with Crippen LogP contribution in [0.3, 0.4) is 0 Å². The lowest BCUT2D eigenvalue weighted by Gasteiger charge is -2.15. The van der Waals surface area contributed by atoms with E-state index in [1.165, 1.54) is 0 Å². The van der Waals surface area contributed by atoms with Gasteiger partial charge in [0.05, 0.1) is 17.6 Å². The molecule has 134 valence electrons. The number of rotatable bonds is 8. The zero-order valence-electron chi connectivity index (χ0n) is 14.2. The zero-order chi connectivity index (χ0) is 17.3. The fourth-order valence-electron chi connectivity index (χ4n) is 2.64. The Kier molecular flexibility index (Phi) is 7.52. The lowest BCUT2D eigenvalue weighted by molar-refractivity contribution is 0.114. The van der Waals surface area contributed by atoms with Crippen molar-refractivity contribution in [3.63, 3.8) is 0 Å². The molecule has 0 radical (unpaired) electrons. The standard InChI is InChI=1S/C17H27N3O3S/c1-18-17(20-13-16-9-5-11-23-16)19-10-6-12-24(21,22)14-15-7-3-2-4-8-15/h2-4,7-8,16H,5-6,9-14H2,1H3,(H2,18,19,20). The predicted molar refractivity (Wildman–Crippen MR) is 96.9 cm³/mol. The molecule has 0 aromatic heterocycles. The average Bonchev–Trinajstić information content (AvgIpc) is 3.08. The van der Waals surface area contributed by atoms with E-state index in [1.807, 2.05) is 30.3 Å². The number of nitrogens with one attached hydrogen (secondary N) is 2. The van der Waals surface area contributed by atoms with Gasteiger partial charge in [-0.1, -0.05) is 30.3 Å². The largest absolute Gasteiger partial charge is 0.376 e. The van der Waals surface area contributed by atoms with Crippen LogP contribution >= 0.6 is 0 Å². The van der Waals surface area contributed by atoms with E-state index in [9.17, 15) is 8.42 Å². The van der Waals surface area contributed by atoms with Crippen LogP contribution in [0.15, 0.2) is 35.3 Å². The number of ether oxygens (including phenoxy) is 1. The number of nitrogens with zero attached hydrogens (tertiary/aromatic N) is 1. The minimum absolute atomic E-state index is 0.0971. The van der Waals surface area contributed by atoms with Crippen LogP contribution in [-0.4, -0.2) is 53.0 Å². The van der Waals surface area contributed by atoms with Gasteiger partial charge in [-0.15, -0.1) is 0 Å². The molecule has 24 heavy (non-hydrogen) atoms. The number of benzene rings is 1. The van der Waals surface area contributed by atoms with Crippen LogP contribution in [-0.2, 0) is 20.3 Å². The molecule has 2 rings (SSSR count). The summed E-state index contributed by atoms with van der Waals surface area (Å²) < 4.78 is 29.8. The summed E-state index contributed by atoms with van der Waals surface area (Å²) in [7, 11) is -1.38. The summed E-state index contributed by atoms with van der Waals surface area (Å²) in [6.45, 7) is 2.13. The van der Waals surface area contributed by atoms with E-state index in [0.29, 0.717) is 18.9 Å². The summed E-state index contributed by atoms with van der Waals surface area (Å²) in [5.74, 6) is 0.947. The second-order valence-electron chi connectivity index (χ2n) is 5.95. The highest BCUT2D eigenvalue weighted by atomic mass is 32.2. The normalized spacial score (nSPS) is 18.5. The molecular weight excluding hydrogens is 326 g/mol.